The molecule has 0 spiro atoms. The van der Waals surface area contributed by atoms with Crippen molar-refractivity contribution >= 4 is 5.82 Å². The smallest absolute Gasteiger partial charge is 0.234 e. The lowest BCUT2D eigenvalue weighted by molar-refractivity contribution is 0.347. The molecule has 1 aromatic rings. The third kappa shape index (κ3) is 3.11. The first-order chi connectivity index (χ1) is 6.36. The van der Waals surface area contributed by atoms with Crippen LogP contribution in [-0.2, 0) is 0 Å². The van der Waals surface area contributed by atoms with E-state index in [4.69, 9.17) is 4.74 Å². The van der Waals surface area contributed by atoms with Crippen LogP contribution in [0.4, 0.5) is 5.82 Å². The highest BCUT2D eigenvalue weighted by Crippen LogP contribution is 2.07. The molecule has 0 aromatic carbocycles. The summed E-state index contributed by atoms with van der Waals surface area (Å²) >= 11 is 0. The molecule has 4 nitrogen and oxygen atoms in total. The lowest BCUT2D eigenvalue weighted by Crippen LogP contribution is -1.99. The molecule has 1 rings (SSSR count). The number of ether oxygens (including phenoxy) is 1. The number of anilines is 1. The van der Waals surface area contributed by atoms with Crippen molar-refractivity contribution in [3.8, 4) is 5.88 Å². The lowest BCUT2D eigenvalue weighted by Gasteiger charge is -2.02. The summed E-state index contributed by atoms with van der Waals surface area (Å²) in [5.74, 6) is 1.24. The van der Waals surface area contributed by atoms with Crippen LogP contribution in [-0.4, -0.2) is 23.6 Å². The summed E-state index contributed by atoms with van der Waals surface area (Å²) < 4.78 is 5.29. The van der Waals surface area contributed by atoms with E-state index in [2.05, 4.69) is 15.3 Å². The van der Waals surface area contributed by atoms with Crippen molar-refractivity contribution in [3.05, 3.63) is 24.5 Å². The summed E-state index contributed by atoms with van der Waals surface area (Å²) in [6.45, 7) is 2.47. The highest BCUT2D eigenvalue weighted by atomic mass is 16.5. The Morgan fingerprint density at radius 2 is 2.38 bits per heavy atom. The molecule has 0 atom stereocenters. The average Bonchev–Trinajstić information content (AvgIpc) is 2.19. The second kappa shape index (κ2) is 5.13. The van der Waals surface area contributed by atoms with Crippen LogP contribution in [0.1, 0.15) is 6.92 Å². The van der Waals surface area contributed by atoms with Crippen molar-refractivity contribution in [2.24, 2.45) is 0 Å². The minimum Gasteiger partial charge on any atom is -0.472 e. The fourth-order valence-electron chi connectivity index (χ4n) is 0.768. The summed E-state index contributed by atoms with van der Waals surface area (Å²) in [6.07, 6.45) is 7.07. The molecule has 0 bridgehead atoms. The molecule has 0 radical (unpaired) electrons. The molecule has 1 aromatic heterocycles. The van der Waals surface area contributed by atoms with E-state index in [1.807, 2.05) is 19.1 Å². The van der Waals surface area contributed by atoms with Crippen molar-refractivity contribution in [1.29, 1.82) is 0 Å². The Morgan fingerprint density at radius 1 is 1.54 bits per heavy atom. The molecular formula is C9H13N3O. The predicted molar refractivity (Wildman–Crippen MR) is 51.9 cm³/mol. The molecule has 1 N–H and O–H groups in total. The van der Waals surface area contributed by atoms with Crippen LogP contribution in [0.5, 0.6) is 5.88 Å². The molecule has 0 saturated carbocycles. The Labute approximate surface area is 77.7 Å². The second-order valence-electron chi connectivity index (χ2n) is 2.37. The summed E-state index contributed by atoms with van der Waals surface area (Å²) in [7, 11) is 1.79. The molecule has 4 heteroatoms. The Bertz CT molecular complexity index is 286. The zero-order chi connectivity index (χ0) is 9.52. The lowest BCUT2D eigenvalue weighted by atomic mass is 10.5. The van der Waals surface area contributed by atoms with Gasteiger partial charge in [0, 0.05) is 7.05 Å². The molecule has 1 heterocycles. The molecule has 0 amide bonds. The summed E-state index contributed by atoms with van der Waals surface area (Å²) in [5, 5.41) is 2.89. The second-order valence-corrected chi connectivity index (χ2v) is 2.37. The van der Waals surface area contributed by atoms with E-state index in [1.54, 1.807) is 19.4 Å². The van der Waals surface area contributed by atoms with Gasteiger partial charge in [-0.15, -0.1) is 0 Å². The van der Waals surface area contributed by atoms with Gasteiger partial charge in [0.15, 0.2) is 0 Å². The Balaban J connectivity index is 2.56. The van der Waals surface area contributed by atoms with Crippen molar-refractivity contribution in [3.63, 3.8) is 0 Å². The van der Waals surface area contributed by atoms with Gasteiger partial charge >= 0.3 is 0 Å². The zero-order valence-corrected chi connectivity index (χ0v) is 7.82. The van der Waals surface area contributed by atoms with Crippen LogP contribution in [0.25, 0.3) is 0 Å². The SMILES string of the molecule is C/C=C/COc1cncc(NC)n1. The highest BCUT2D eigenvalue weighted by Gasteiger charge is 1.95. The monoisotopic (exact) mass is 179 g/mol. The van der Waals surface area contributed by atoms with E-state index in [0.29, 0.717) is 18.3 Å². The minimum absolute atomic E-state index is 0.526. The number of rotatable bonds is 4. The quantitative estimate of drug-likeness (QED) is 0.711. The third-order valence-corrected chi connectivity index (χ3v) is 1.43. The number of hydrogen-bond acceptors (Lipinski definition) is 4. The van der Waals surface area contributed by atoms with Crippen molar-refractivity contribution in [2.75, 3.05) is 19.0 Å². The third-order valence-electron chi connectivity index (χ3n) is 1.43. The maximum absolute atomic E-state index is 5.29. The number of allylic oxidation sites excluding steroid dienone is 1. The molecule has 0 unspecified atom stereocenters. The van der Waals surface area contributed by atoms with E-state index in [1.165, 1.54) is 0 Å². The van der Waals surface area contributed by atoms with E-state index >= 15 is 0 Å². The topological polar surface area (TPSA) is 47.0 Å². The van der Waals surface area contributed by atoms with Crippen LogP contribution >= 0.6 is 0 Å². The maximum atomic E-state index is 5.29. The van der Waals surface area contributed by atoms with Crippen LogP contribution < -0.4 is 10.1 Å². The first-order valence-corrected chi connectivity index (χ1v) is 4.10. The van der Waals surface area contributed by atoms with Gasteiger partial charge in [0.1, 0.15) is 12.4 Å². The summed E-state index contributed by atoms with van der Waals surface area (Å²) in [5.41, 5.74) is 0. The summed E-state index contributed by atoms with van der Waals surface area (Å²) in [6, 6.07) is 0. The molecule has 0 aliphatic carbocycles. The molecular weight excluding hydrogens is 166 g/mol. The highest BCUT2D eigenvalue weighted by molar-refractivity contribution is 5.31. The Hall–Kier alpha value is -1.58. The van der Waals surface area contributed by atoms with Gasteiger partial charge in [-0.05, 0) is 6.92 Å². The normalized spacial score (nSPS) is 10.3. The van der Waals surface area contributed by atoms with Gasteiger partial charge < -0.3 is 10.1 Å². The van der Waals surface area contributed by atoms with Crippen LogP contribution in [0, 0.1) is 0 Å². The Morgan fingerprint density at radius 3 is 3.08 bits per heavy atom. The Kier molecular flexibility index (Phi) is 3.75. The van der Waals surface area contributed by atoms with Crippen molar-refractivity contribution in [1.82, 2.24) is 9.97 Å². The molecule has 13 heavy (non-hydrogen) atoms. The summed E-state index contributed by atoms with van der Waals surface area (Å²) in [4.78, 5) is 8.09. The minimum atomic E-state index is 0.526. The predicted octanol–water partition coefficient (Wildman–Crippen LogP) is 1.47. The molecule has 70 valence electrons. The van der Waals surface area contributed by atoms with Gasteiger partial charge in [-0.1, -0.05) is 12.2 Å². The van der Waals surface area contributed by atoms with Gasteiger partial charge in [0.05, 0.1) is 12.4 Å². The van der Waals surface area contributed by atoms with Crippen molar-refractivity contribution < 1.29 is 4.74 Å². The van der Waals surface area contributed by atoms with Gasteiger partial charge in [0.2, 0.25) is 5.88 Å². The molecule has 0 fully saturated rings. The van der Waals surface area contributed by atoms with Crippen LogP contribution in [0.3, 0.4) is 0 Å². The zero-order valence-electron chi connectivity index (χ0n) is 7.82. The average molecular weight is 179 g/mol. The fourth-order valence-corrected chi connectivity index (χ4v) is 0.768. The van der Waals surface area contributed by atoms with Gasteiger partial charge in [-0.25, -0.2) is 0 Å². The van der Waals surface area contributed by atoms with Gasteiger partial charge in [0.25, 0.3) is 0 Å². The van der Waals surface area contributed by atoms with Crippen LogP contribution in [0.15, 0.2) is 24.5 Å². The standard InChI is InChI=1S/C9H13N3O/c1-3-4-5-13-9-7-11-6-8(10-2)12-9/h3-4,6-7H,5H2,1-2H3,(H,10,12)/b4-3+. The van der Waals surface area contributed by atoms with E-state index < -0.39 is 0 Å². The first-order valence-electron chi connectivity index (χ1n) is 4.10. The number of nitrogens with one attached hydrogen (secondary N) is 1. The molecule has 0 aliphatic rings. The van der Waals surface area contributed by atoms with E-state index in [9.17, 15) is 0 Å². The van der Waals surface area contributed by atoms with E-state index in [-0.39, 0.29) is 0 Å². The van der Waals surface area contributed by atoms with E-state index in [0.717, 1.165) is 0 Å². The van der Waals surface area contributed by atoms with Gasteiger partial charge in [-0.2, -0.15) is 4.98 Å². The molecule has 0 aliphatic heterocycles. The number of nitrogens with zero attached hydrogens (tertiary/aromatic N) is 2. The fraction of sp³-hybridized carbons (Fsp3) is 0.333. The van der Waals surface area contributed by atoms with Crippen LogP contribution in [0.2, 0.25) is 0 Å². The number of hydrogen-bond donors (Lipinski definition) is 1. The maximum Gasteiger partial charge on any atom is 0.234 e. The van der Waals surface area contributed by atoms with Crippen molar-refractivity contribution in [2.45, 2.75) is 6.92 Å². The molecule has 0 saturated heterocycles. The first kappa shape index (κ1) is 9.51. The number of aromatic nitrogens is 2. The van der Waals surface area contributed by atoms with Gasteiger partial charge in [-0.3, -0.25) is 4.98 Å². The largest absolute Gasteiger partial charge is 0.472 e.